The molecule has 5 aliphatic rings. The molecule has 0 aliphatic carbocycles. The van der Waals surface area contributed by atoms with Crippen LogP contribution in [0.5, 0.6) is 0 Å². The summed E-state index contributed by atoms with van der Waals surface area (Å²) in [5.74, 6) is -0.467. The first-order valence-corrected chi connectivity index (χ1v) is 25.5. The van der Waals surface area contributed by atoms with Crippen LogP contribution in [0.1, 0.15) is 5.56 Å². The van der Waals surface area contributed by atoms with Gasteiger partial charge in [0.2, 0.25) is 0 Å². The van der Waals surface area contributed by atoms with Gasteiger partial charge in [0, 0.05) is 152 Å². The number of benzene rings is 4. The zero-order valence-electron chi connectivity index (χ0n) is 46.9. The smallest absolute Gasteiger partial charge is 1.00 e. The fourth-order valence-electron chi connectivity index (χ4n) is 8.69. The molecule has 0 amide bonds. The molecule has 5 heterocycles. The van der Waals surface area contributed by atoms with E-state index in [9.17, 15) is 34.7 Å². The van der Waals surface area contributed by atoms with Gasteiger partial charge in [0.05, 0.1) is 75.2 Å². The molecule has 9 rings (SSSR count). The number of quaternary nitrogens is 3. The van der Waals surface area contributed by atoms with Gasteiger partial charge >= 0.3 is 51.4 Å². The molecule has 23 heteroatoms. The molecule has 2 N–H and O–H groups in total. The number of halogens is 3. The van der Waals surface area contributed by atoms with Crippen LogP contribution in [-0.4, -0.2) is 227 Å². The number of aryl methyl sites for hydroxylation is 1. The molecule has 5 saturated heterocycles. The molecule has 4 aromatic rings. The third kappa shape index (κ3) is 24.2. The molecule has 19 nitrogen and oxygen atoms in total. The monoisotopic (exact) mass is 1110 g/mol. The Morgan fingerprint density at radius 2 is 0.671 bits per heavy atom. The largest absolute Gasteiger partial charge is 1.00 e. The zero-order chi connectivity index (χ0) is 53.6. The molecule has 0 bridgehead atoms. The summed E-state index contributed by atoms with van der Waals surface area (Å²) in [5.41, 5.74) is 5.32. The van der Waals surface area contributed by atoms with E-state index in [1.165, 1.54) is 63.6 Å². The van der Waals surface area contributed by atoms with Crippen LogP contribution in [-0.2, 0) is 0 Å². The summed E-state index contributed by atoms with van der Waals surface area (Å²) in [5, 5.41) is 37.9. The molecule has 0 aromatic heterocycles. The van der Waals surface area contributed by atoms with Crippen molar-refractivity contribution in [1.82, 2.24) is 48.6 Å². The second-order valence-electron chi connectivity index (χ2n) is 20.7. The van der Waals surface area contributed by atoms with Crippen molar-refractivity contribution >= 4 is 46.5 Å². The summed E-state index contributed by atoms with van der Waals surface area (Å²) < 4.78 is 14.9. The summed E-state index contributed by atoms with van der Waals surface area (Å²) in [6.07, 6.45) is 0. The Bertz CT molecular complexity index is 2170. The predicted molar refractivity (Wildman–Crippen MR) is 303 cm³/mol. The first-order chi connectivity index (χ1) is 34.6. The number of nitrogens with zero attached hydrogens (tertiary/aromatic N) is 11. The Morgan fingerprint density at radius 1 is 0.421 bits per heavy atom. The maximum absolute atomic E-state index is 12.1. The van der Waals surface area contributed by atoms with Gasteiger partial charge < -0.3 is 30.0 Å². The topological polar surface area (TPSA) is 170 Å². The van der Waals surface area contributed by atoms with Gasteiger partial charge in [-0.3, -0.25) is 53.6 Å². The molecule has 0 unspecified atom stereocenters. The normalized spacial score (nSPS) is 19.1. The molecule has 5 fully saturated rings. The quantitative estimate of drug-likeness (QED) is 0.115. The first-order valence-electron chi connectivity index (χ1n) is 25.5. The van der Waals surface area contributed by atoms with Crippen LogP contribution in [0, 0.1) is 43.1 Å². The van der Waals surface area contributed by atoms with Crippen LogP contribution < -0.4 is 80.2 Å². The molecule has 76 heavy (non-hydrogen) atoms. The van der Waals surface area contributed by atoms with Gasteiger partial charge in [-0.2, -0.15) is 0 Å². The average Bonchev–Trinajstić information content (AvgIpc) is 3.38. The van der Waals surface area contributed by atoms with Gasteiger partial charge in [-0.25, -0.2) is 4.39 Å². The van der Waals surface area contributed by atoms with Crippen molar-refractivity contribution in [3.8, 4) is 0 Å². The summed E-state index contributed by atoms with van der Waals surface area (Å²) in [4.78, 5) is 41.6. The number of hydrogen-bond acceptors (Lipinski definition) is 13. The minimum Gasteiger partial charge on any atom is -1.00 e. The van der Waals surface area contributed by atoms with Gasteiger partial charge in [0.1, 0.15) is 22.9 Å². The summed E-state index contributed by atoms with van der Waals surface area (Å²) >= 11 is 0. The van der Waals surface area contributed by atoms with E-state index in [0.29, 0.717) is 0 Å². The van der Waals surface area contributed by atoms with E-state index in [2.05, 4.69) is 123 Å². The minimum absolute atomic E-state index is 0. The van der Waals surface area contributed by atoms with Gasteiger partial charge in [0.15, 0.2) is 0 Å². The van der Waals surface area contributed by atoms with Crippen molar-refractivity contribution in [1.29, 1.82) is 0 Å². The predicted octanol–water partition coefficient (Wildman–Crippen LogP) is 0.0386. The van der Waals surface area contributed by atoms with Gasteiger partial charge in [-0.1, -0.05) is 17.7 Å². The van der Waals surface area contributed by atoms with Crippen LogP contribution >= 0.6 is 12.4 Å². The van der Waals surface area contributed by atoms with Gasteiger partial charge in [-0.05, 0) is 66.4 Å². The summed E-state index contributed by atoms with van der Waals surface area (Å²) in [7, 11) is 17.5. The van der Waals surface area contributed by atoms with E-state index in [4.69, 9.17) is 0 Å². The molecule has 0 spiro atoms. The van der Waals surface area contributed by atoms with Crippen molar-refractivity contribution < 1.29 is 75.2 Å². The van der Waals surface area contributed by atoms with E-state index in [1.807, 2.05) is 24.3 Å². The van der Waals surface area contributed by atoms with E-state index in [0.717, 1.165) is 128 Å². The Balaban J connectivity index is 0.000000465. The number of piperazine rings is 5. The van der Waals surface area contributed by atoms with Gasteiger partial charge in [0.25, 0.3) is 17.1 Å². The zero-order valence-corrected chi connectivity index (χ0v) is 50.9. The van der Waals surface area contributed by atoms with Crippen molar-refractivity contribution in [2.75, 3.05) is 187 Å². The average molecular weight is 1110 g/mol. The third-order valence-corrected chi connectivity index (χ3v) is 14.6. The maximum atomic E-state index is 12.1. The second-order valence-corrected chi connectivity index (χ2v) is 20.7. The number of nitrogens with one attached hydrogen (secondary N) is 2. The molecular formula is C53H86ClF2KN13O6+3. The third-order valence-electron chi connectivity index (χ3n) is 14.6. The maximum Gasteiger partial charge on any atom is 1.00 e. The van der Waals surface area contributed by atoms with Crippen LogP contribution in [0.4, 0.5) is 38.5 Å². The summed E-state index contributed by atoms with van der Waals surface area (Å²) in [6, 6.07) is 27.2. The number of hydrogen-bond donors (Lipinski definition) is 2. The molecular weight excluding hydrogens is 1030 g/mol. The minimum atomic E-state index is -0.570. The van der Waals surface area contributed by atoms with E-state index < -0.39 is 10.7 Å². The molecule has 418 valence electrons. The van der Waals surface area contributed by atoms with E-state index in [-0.39, 0.29) is 95.4 Å². The van der Waals surface area contributed by atoms with Crippen molar-refractivity contribution in [2.45, 2.75) is 6.92 Å². The van der Waals surface area contributed by atoms with Crippen LogP contribution in [0.15, 0.2) is 97.1 Å². The Labute approximate surface area is 499 Å². The van der Waals surface area contributed by atoms with E-state index in [1.54, 1.807) is 24.3 Å². The van der Waals surface area contributed by atoms with Gasteiger partial charge in [-0.15, -0.1) is 12.4 Å². The van der Waals surface area contributed by atoms with Crippen LogP contribution in [0.2, 0.25) is 0 Å². The standard InChI is InChI=1S/2C12H18N3O2.C12H19N2.C6H4FNO2.C6H14N2.C5H12N2.ClH.FH.K/c2*1-13-7-9-15(2,10-8-13)12-5-3-11(4-6-12)14(16)17;1-11-3-5-12(6-4-11)14(2)9-7-13-8-10-14;7-5-1-3-6(4-2-5)8(9)10;1-7-3-5-8(2)6-4-7;1-7-4-2-6-3-5-7;;;/h2*3-6H,7-10H2,1-2H3;3-6,13H,7-10H2,1-2H3;1-4H;3-6H2,1-2H3;6H,2-5H2,1H3;2*1H;/q3*+1;;;;;;+1/p-1/i;;;;;;;1-1;. The molecule has 0 radical (unpaired) electrons. The number of non-ortho nitro benzene ring substituents is 3. The first kappa shape index (κ1) is 70.5. The molecule has 5 aliphatic heterocycles. The number of nitro groups is 3. The Kier molecular flexibility index (Phi) is 32.6. The second kappa shape index (κ2) is 35.2. The Hall–Kier alpha value is -3.53. The number of likely N-dealkylation sites (N-methyl/N-ethyl adjacent to an activating group) is 8. The van der Waals surface area contributed by atoms with Crippen LogP contribution in [0.3, 0.4) is 0 Å². The number of nitro benzene ring substituents is 3. The summed E-state index contributed by atoms with van der Waals surface area (Å²) in [6.45, 7) is 24.9. The van der Waals surface area contributed by atoms with Crippen molar-refractivity contribution in [2.24, 2.45) is 0 Å². The van der Waals surface area contributed by atoms with E-state index >= 15 is 0 Å². The SMILES string of the molecule is CN1CCN(C)CC1.CN1CCNCC1.CN1CC[N+](C)(c2ccc([N+](=O)[O-])cc2)CC1.CN1CC[N+](C)(c2ccc([N+](=O)[O-])cc2)CC1.Cc1ccc([N+]2(C)CCNCC2)cc1.Cl.O=[N+]([O-])c1ccc(F)cc1.[18F-].[K+]. The van der Waals surface area contributed by atoms with Crippen molar-refractivity contribution in [3.05, 3.63) is 139 Å². The molecule has 0 saturated carbocycles. The fraction of sp³-hybridized carbons (Fsp3) is 0.547. The van der Waals surface area contributed by atoms with Crippen molar-refractivity contribution in [3.63, 3.8) is 0 Å². The Morgan fingerprint density at radius 3 is 0.961 bits per heavy atom. The molecule has 4 aromatic carbocycles. The number of rotatable bonds is 6. The molecule has 0 atom stereocenters. The van der Waals surface area contributed by atoms with Crippen LogP contribution in [0.25, 0.3) is 0 Å². The fourth-order valence-corrected chi connectivity index (χ4v) is 8.69.